The molecule has 1 aliphatic carbocycles. The SMILES string of the molecule is CC1(C)c2ccccc2-c2cc(-c3ccccc3)c(-c3ccc(-c4nc(-c5ccccc5)cc(-c5ccc(-c6ccccc6)cc5)n4)cc3)cc21. The van der Waals surface area contributed by atoms with E-state index in [-0.39, 0.29) is 5.41 Å². The Morgan fingerprint density at radius 1 is 0.314 bits per heavy atom. The molecule has 0 atom stereocenters. The monoisotopic (exact) mass is 652 g/mol. The van der Waals surface area contributed by atoms with Crippen molar-refractivity contribution in [2.45, 2.75) is 19.3 Å². The molecule has 8 aromatic rings. The van der Waals surface area contributed by atoms with Crippen LogP contribution in [0.15, 0.2) is 182 Å². The van der Waals surface area contributed by atoms with E-state index in [9.17, 15) is 0 Å². The minimum atomic E-state index is -0.0861. The lowest BCUT2D eigenvalue weighted by Gasteiger charge is -2.23. The van der Waals surface area contributed by atoms with Crippen LogP contribution in [0.1, 0.15) is 25.0 Å². The van der Waals surface area contributed by atoms with E-state index in [1.807, 2.05) is 12.1 Å². The van der Waals surface area contributed by atoms with E-state index in [1.54, 1.807) is 0 Å². The number of hydrogen-bond acceptors (Lipinski definition) is 2. The highest BCUT2D eigenvalue weighted by Gasteiger charge is 2.36. The zero-order valence-electron chi connectivity index (χ0n) is 28.7. The summed E-state index contributed by atoms with van der Waals surface area (Å²) in [5, 5.41) is 0. The molecule has 0 radical (unpaired) electrons. The van der Waals surface area contributed by atoms with Crippen molar-refractivity contribution in [1.29, 1.82) is 0 Å². The summed E-state index contributed by atoms with van der Waals surface area (Å²) >= 11 is 0. The summed E-state index contributed by atoms with van der Waals surface area (Å²) < 4.78 is 0. The first-order chi connectivity index (χ1) is 25.0. The Morgan fingerprint density at radius 3 is 1.39 bits per heavy atom. The van der Waals surface area contributed by atoms with Crippen molar-refractivity contribution in [2.24, 2.45) is 0 Å². The Bertz CT molecular complexity index is 2500. The van der Waals surface area contributed by atoms with Crippen LogP contribution in [0.25, 0.3) is 78.4 Å². The third kappa shape index (κ3) is 5.56. The Kier molecular flexibility index (Phi) is 7.51. The summed E-state index contributed by atoms with van der Waals surface area (Å²) in [5.41, 5.74) is 17.4. The van der Waals surface area contributed by atoms with Crippen molar-refractivity contribution in [3.05, 3.63) is 193 Å². The summed E-state index contributed by atoms with van der Waals surface area (Å²) in [4.78, 5) is 10.3. The molecule has 2 nitrogen and oxygen atoms in total. The lowest BCUT2D eigenvalue weighted by Crippen LogP contribution is -2.15. The second-order valence-electron chi connectivity index (χ2n) is 13.8. The Morgan fingerprint density at radius 2 is 0.745 bits per heavy atom. The molecule has 7 aromatic carbocycles. The quantitative estimate of drug-likeness (QED) is 0.179. The van der Waals surface area contributed by atoms with Crippen LogP contribution in [0.2, 0.25) is 0 Å². The van der Waals surface area contributed by atoms with Gasteiger partial charge in [0.25, 0.3) is 0 Å². The molecule has 0 amide bonds. The molecule has 1 aliphatic rings. The van der Waals surface area contributed by atoms with Crippen LogP contribution < -0.4 is 0 Å². The molecule has 1 aromatic heterocycles. The number of benzene rings is 7. The largest absolute Gasteiger partial charge is 0.228 e. The molecule has 9 rings (SSSR count). The van der Waals surface area contributed by atoms with Gasteiger partial charge >= 0.3 is 0 Å². The maximum Gasteiger partial charge on any atom is 0.160 e. The minimum Gasteiger partial charge on any atom is -0.228 e. The van der Waals surface area contributed by atoms with Gasteiger partial charge in [-0.25, -0.2) is 9.97 Å². The van der Waals surface area contributed by atoms with Gasteiger partial charge < -0.3 is 0 Å². The molecule has 0 saturated carbocycles. The van der Waals surface area contributed by atoms with Crippen molar-refractivity contribution in [1.82, 2.24) is 9.97 Å². The van der Waals surface area contributed by atoms with E-state index in [2.05, 4.69) is 184 Å². The van der Waals surface area contributed by atoms with Crippen molar-refractivity contribution in [2.75, 3.05) is 0 Å². The zero-order chi connectivity index (χ0) is 34.4. The van der Waals surface area contributed by atoms with Gasteiger partial charge in [-0.1, -0.05) is 178 Å². The molecule has 0 bridgehead atoms. The van der Waals surface area contributed by atoms with Crippen LogP contribution in [0.4, 0.5) is 0 Å². The van der Waals surface area contributed by atoms with E-state index < -0.39 is 0 Å². The maximum atomic E-state index is 5.15. The van der Waals surface area contributed by atoms with Crippen LogP contribution in [-0.2, 0) is 5.41 Å². The van der Waals surface area contributed by atoms with Gasteiger partial charge in [-0.05, 0) is 73.8 Å². The predicted octanol–water partition coefficient (Wildman–Crippen LogP) is 12.8. The molecular formula is C49H36N2. The normalized spacial score (nSPS) is 12.7. The van der Waals surface area contributed by atoms with Crippen LogP contribution in [0.3, 0.4) is 0 Å². The van der Waals surface area contributed by atoms with Crippen molar-refractivity contribution < 1.29 is 0 Å². The Labute approximate surface area is 299 Å². The van der Waals surface area contributed by atoms with Gasteiger partial charge in [-0.3, -0.25) is 0 Å². The fraction of sp³-hybridized carbons (Fsp3) is 0.0612. The second kappa shape index (κ2) is 12.5. The lowest BCUT2D eigenvalue weighted by molar-refractivity contribution is 0.660. The van der Waals surface area contributed by atoms with Crippen molar-refractivity contribution in [3.63, 3.8) is 0 Å². The maximum absolute atomic E-state index is 5.15. The first-order valence-electron chi connectivity index (χ1n) is 17.6. The Hall–Kier alpha value is -6.38. The number of aromatic nitrogens is 2. The number of nitrogens with zero attached hydrogens (tertiary/aromatic N) is 2. The minimum absolute atomic E-state index is 0.0861. The molecule has 51 heavy (non-hydrogen) atoms. The highest BCUT2D eigenvalue weighted by Crippen LogP contribution is 2.51. The molecule has 0 aliphatic heterocycles. The van der Waals surface area contributed by atoms with E-state index in [1.165, 1.54) is 55.6 Å². The highest BCUT2D eigenvalue weighted by molar-refractivity contribution is 5.92. The van der Waals surface area contributed by atoms with Gasteiger partial charge in [0.05, 0.1) is 11.4 Å². The van der Waals surface area contributed by atoms with E-state index >= 15 is 0 Å². The second-order valence-corrected chi connectivity index (χ2v) is 13.8. The number of hydrogen-bond donors (Lipinski definition) is 0. The van der Waals surface area contributed by atoms with E-state index in [4.69, 9.17) is 9.97 Å². The topological polar surface area (TPSA) is 25.8 Å². The molecule has 0 unspecified atom stereocenters. The van der Waals surface area contributed by atoms with Gasteiger partial charge in [0.15, 0.2) is 5.82 Å². The Balaban J connectivity index is 1.14. The van der Waals surface area contributed by atoms with E-state index in [0.717, 1.165) is 28.1 Å². The standard InChI is InChI=1S/C49H36N2/c1-49(2)44-21-13-12-20-40(44)43-30-41(35-16-8-4-9-17-35)42(31-45(43)49)36-24-28-39(29-25-36)48-50-46(37-18-10-5-11-19-37)32-47(51-48)38-26-22-34(23-27-38)33-14-6-3-7-15-33/h3-32H,1-2H3. The van der Waals surface area contributed by atoms with Crippen LogP contribution >= 0.6 is 0 Å². The molecule has 1 heterocycles. The molecule has 2 heteroatoms. The van der Waals surface area contributed by atoms with Crippen LogP contribution in [0, 0.1) is 0 Å². The first kappa shape index (κ1) is 30.7. The van der Waals surface area contributed by atoms with Gasteiger partial charge in [0.2, 0.25) is 0 Å². The van der Waals surface area contributed by atoms with Crippen LogP contribution in [0.5, 0.6) is 0 Å². The average molecular weight is 653 g/mol. The summed E-state index contributed by atoms with van der Waals surface area (Å²) in [7, 11) is 0. The molecule has 0 N–H and O–H groups in total. The summed E-state index contributed by atoms with van der Waals surface area (Å²) in [6.45, 7) is 4.69. The fourth-order valence-corrected chi connectivity index (χ4v) is 7.59. The summed E-state index contributed by atoms with van der Waals surface area (Å²) in [6, 6.07) is 64.8. The molecular weight excluding hydrogens is 617 g/mol. The van der Waals surface area contributed by atoms with Crippen molar-refractivity contribution >= 4 is 0 Å². The summed E-state index contributed by atoms with van der Waals surface area (Å²) in [6.07, 6.45) is 0. The molecule has 0 spiro atoms. The van der Waals surface area contributed by atoms with Crippen LogP contribution in [-0.4, -0.2) is 9.97 Å². The third-order valence-corrected chi connectivity index (χ3v) is 10.3. The molecule has 242 valence electrons. The van der Waals surface area contributed by atoms with Gasteiger partial charge in [0.1, 0.15) is 0 Å². The van der Waals surface area contributed by atoms with Crippen molar-refractivity contribution in [3.8, 4) is 78.4 Å². The van der Waals surface area contributed by atoms with Gasteiger partial charge in [-0.2, -0.15) is 0 Å². The van der Waals surface area contributed by atoms with E-state index in [0.29, 0.717) is 5.82 Å². The first-order valence-corrected chi connectivity index (χ1v) is 17.6. The fourth-order valence-electron chi connectivity index (χ4n) is 7.59. The molecule has 0 saturated heterocycles. The van der Waals surface area contributed by atoms with Gasteiger partial charge in [-0.15, -0.1) is 0 Å². The zero-order valence-corrected chi connectivity index (χ0v) is 28.7. The molecule has 0 fully saturated rings. The van der Waals surface area contributed by atoms with Gasteiger partial charge in [0, 0.05) is 22.1 Å². The third-order valence-electron chi connectivity index (χ3n) is 10.3. The summed E-state index contributed by atoms with van der Waals surface area (Å²) in [5.74, 6) is 0.707. The number of rotatable bonds is 6. The predicted molar refractivity (Wildman–Crippen MR) is 212 cm³/mol. The average Bonchev–Trinajstić information content (AvgIpc) is 3.43. The smallest absolute Gasteiger partial charge is 0.160 e. The highest BCUT2D eigenvalue weighted by atomic mass is 14.9. The lowest BCUT2D eigenvalue weighted by atomic mass is 9.80. The number of fused-ring (bicyclic) bond motifs is 3.